The summed E-state index contributed by atoms with van der Waals surface area (Å²) in [6.45, 7) is -0.765. The molecule has 2 fully saturated rings. The number of allylic oxidation sites excluding steroid dienone is 1. The van der Waals surface area contributed by atoms with Crippen LogP contribution in [0.25, 0.3) is 6.08 Å². The Labute approximate surface area is 495 Å². The summed E-state index contributed by atoms with van der Waals surface area (Å²) in [5.41, 5.74) is 6.42. The number of carbonyl (C=O) groups excluding carboxylic acids is 1. The van der Waals surface area contributed by atoms with Crippen LogP contribution in [0.15, 0.2) is 102 Å². The van der Waals surface area contributed by atoms with E-state index in [0.29, 0.717) is 98.1 Å². The molecule has 1 saturated heterocycles. The topological polar surface area (TPSA) is 398 Å². The summed E-state index contributed by atoms with van der Waals surface area (Å²) in [6.07, 6.45) is 0.620. The van der Waals surface area contributed by atoms with Crippen molar-refractivity contribution in [2.45, 2.75) is 137 Å². The number of aromatic hydroxyl groups is 4. The number of aliphatic hydroxyl groups is 8. The minimum Gasteiger partial charge on any atom is -0.508 e. The summed E-state index contributed by atoms with van der Waals surface area (Å²) in [7, 11) is 0. The number of hydrogen-bond donors (Lipinski definition) is 16. The van der Waals surface area contributed by atoms with Crippen molar-refractivity contribution in [1.82, 2.24) is 15.3 Å². The highest BCUT2D eigenvalue weighted by molar-refractivity contribution is 6.13. The van der Waals surface area contributed by atoms with Gasteiger partial charge in [-0.25, -0.2) is 14.8 Å². The number of nitrogens with zero attached hydrogens (tertiary/aromatic N) is 3. The van der Waals surface area contributed by atoms with E-state index in [2.05, 4.69) is 20.3 Å². The number of anilines is 1. The molecular weight excluding hydrogens is 1110 g/mol. The van der Waals surface area contributed by atoms with Crippen molar-refractivity contribution in [3.8, 4) is 28.7 Å². The smallest absolute Gasteiger partial charge is 0.355 e. The molecule has 4 aromatic carbocycles. The third-order valence-corrected chi connectivity index (χ3v) is 18.4. The number of aliphatic carboxylic acids is 1. The number of nitrogens with one attached hydrogen (secondary N) is 2. The lowest BCUT2D eigenvalue weighted by Gasteiger charge is -2.58. The molecule has 17 N–H and O–H groups in total. The standard InChI is InChI=1S/C63H76N6O17/c64-60(66-30-35-8-2-1-3-9-35)65-24-6-13-41(73)21-19-37-29-61(59(82)83)53(52(37)62-39(11-5-12-40(62)31-71)20-18-36-10-4-15-46(75)51(36)62)50-44(28-47(54(77)56(50)79)85-63(84)58(81)57(80)55(78)48(32-72)86-63)69(61)49(76)23-17-34-16-22-45(74)38(26-34)27-43-42(14-7-25-70)67-33-68-43/h1-4,8-10,15-17,22-23,26,28-29,33,39-41,48,52-53,55,57-58,70-75,77-81,84H,5-7,11-14,18-21,24-25,27,30-32H2,(H,67,68)(H,82,83)(H3,64,65,66)/b23-17+/t39-,40-,41+,48-,52-,53+,55-,57+,58-,61-,62+,63+/m1/s1. The highest BCUT2D eigenvalue weighted by Gasteiger charge is 2.72. The molecule has 86 heavy (non-hydrogen) atoms. The number of imidazole rings is 1. The zero-order chi connectivity index (χ0) is 61.2. The van der Waals surface area contributed by atoms with Gasteiger partial charge < -0.3 is 91.9 Å². The number of ether oxygens (including phenoxy) is 2. The van der Waals surface area contributed by atoms with Gasteiger partial charge in [0.2, 0.25) is 5.75 Å². The van der Waals surface area contributed by atoms with Crippen molar-refractivity contribution in [1.29, 1.82) is 0 Å². The summed E-state index contributed by atoms with van der Waals surface area (Å²) < 4.78 is 11.1. The summed E-state index contributed by atoms with van der Waals surface area (Å²) >= 11 is 0. The number of phenols is 4. The number of benzene rings is 4. The van der Waals surface area contributed by atoms with Crippen LogP contribution in [0.1, 0.15) is 108 Å². The number of fused-ring (bicyclic) bond motifs is 6. The lowest BCUT2D eigenvalue weighted by Crippen LogP contribution is -2.67. The number of rotatable bonds is 22. The monoisotopic (exact) mass is 1190 g/mol. The number of amides is 1. The summed E-state index contributed by atoms with van der Waals surface area (Å²) in [5, 5.41) is 151. The number of hydrogen-bond acceptors (Lipinski definition) is 18. The van der Waals surface area contributed by atoms with Crippen molar-refractivity contribution in [3.63, 3.8) is 0 Å². The van der Waals surface area contributed by atoms with E-state index in [1.54, 1.807) is 12.1 Å². The molecule has 3 aliphatic carbocycles. The van der Waals surface area contributed by atoms with E-state index >= 15 is 9.59 Å². The molecule has 1 aromatic heterocycles. The van der Waals surface area contributed by atoms with E-state index < -0.39 is 108 Å². The van der Waals surface area contributed by atoms with Gasteiger partial charge in [0, 0.05) is 78.0 Å². The summed E-state index contributed by atoms with van der Waals surface area (Å²) in [4.78, 5) is 43.5. The van der Waals surface area contributed by atoms with E-state index in [-0.39, 0.29) is 66.9 Å². The zero-order valence-corrected chi connectivity index (χ0v) is 47.3. The summed E-state index contributed by atoms with van der Waals surface area (Å²) in [6, 6.07) is 20.2. The van der Waals surface area contributed by atoms with Crippen LogP contribution in [0, 0.1) is 17.8 Å². The van der Waals surface area contributed by atoms with Gasteiger partial charge in [0.15, 0.2) is 29.1 Å². The fraction of sp³-hybridized carbons (Fsp3) is 0.460. The first-order chi connectivity index (χ1) is 41.3. The Balaban J connectivity index is 1.10. The third-order valence-electron chi connectivity index (χ3n) is 18.4. The zero-order valence-electron chi connectivity index (χ0n) is 47.3. The van der Waals surface area contributed by atoms with Crippen molar-refractivity contribution in [3.05, 3.63) is 142 Å². The molecule has 460 valence electrons. The molecule has 1 saturated carbocycles. The number of H-pyrrole nitrogens is 1. The second-order valence-electron chi connectivity index (χ2n) is 23.3. The van der Waals surface area contributed by atoms with Gasteiger partial charge in [-0.15, -0.1) is 0 Å². The van der Waals surface area contributed by atoms with E-state index in [1.165, 1.54) is 36.7 Å². The van der Waals surface area contributed by atoms with E-state index in [0.717, 1.165) is 28.2 Å². The molecule has 10 rings (SSSR count). The molecule has 2 aliphatic heterocycles. The molecule has 0 unspecified atom stereocenters. The Hall–Kier alpha value is -7.58. The number of aromatic nitrogens is 2. The van der Waals surface area contributed by atoms with Crippen molar-refractivity contribution in [2.75, 3.05) is 31.3 Å². The van der Waals surface area contributed by atoms with Gasteiger partial charge in [0.25, 0.3) is 5.91 Å². The molecule has 3 heterocycles. The molecular formula is C63H76N6O17. The molecule has 23 heteroatoms. The van der Waals surface area contributed by atoms with Crippen molar-refractivity contribution in [2.24, 2.45) is 28.5 Å². The minimum atomic E-state index is -3.37. The number of guanidine groups is 1. The van der Waals surface area contributed by atoms with Crippen LogP contribution >= 0.6 is 0 Å². The van der Waals surface area contributed by atoms with E-state index in [1.807, 2.05) is 36.4 Å². The molecule has 1 amide bonds. The molecule has 5 aliphatic rings. The van der Waals surface area contributed by atoms with Gasteiger partial charge in [-0.1, -0.05) is 60.5 Å². The maximum atomic E-state index is 15.7. The van der Waals surface area contributed by atoms with Gasteiger partial charge in [-0.05, 0) is 123 Å². The predicted molar refractivity (Wildman–Crippen MR) is 312 cm³/mol. The molecule has 0 spiro atoms. The number of aliphatic hydroxyl groups excluding tert-OH is 7. The number of nitrogens with two attached hydrogens (primary N) is 1. The second kappa shape index (κ2) is 25.4. The highest BCUT2D eigenvalue weighted by atomic mass is 16.8. The average molecular weight is 1190 g/mol. The highest BCUT2D eigenvalue weighted by Crippen LogP contribution is 2.72. The number of carboxylic acid groups (broad SMARTS) is 1. The second-order valence-corrected chi connectivity index (χ2v) is 23.3. The summed E-state index contributed by atoms with van der Waals surface area (Å²) in [5.74, 6) is -12.7. The van der Waals surface area contributed by atoms with Crippen LogP contribution in [0.2, 0.25) is 0 Å². The van der Waals surface area contributed by atoms with Crippen LogP contribution in [-0.2, 0) is 45.5 Å². The Morgan fingerprint density at radius 2 is 1.70 bits per heavy atom. The van der Waals surface area contributed by atoms with Gasteiger partial charge in [0.05, 0.1) is 37.0 Å². The number of aliphatic imine (C=N–C) groups is 1. The average Bonchev–Trinajstić information content (AvgIpc) is 1.47. The maximum absolute atomic E-state index is 15.7. The number of carboxylic acids is 1. The Kier molecular flexibility index (Phi) is 18.2. The Bertz CT molecular complexity index is 3370. The quantitative estimate of drug-likeness (QED) is 0.00900. The van der Waals surface area contributed by atoms with Gasteiger partial charge in [0.1, 0.15) is 29.8 Å². The first-order valence-electron chi connectivity index (χ1n) is 29.2. The first-order valence-corrected chi connectivity index (χ1v) is 29.2. The molecule has 5 aromatic rings. The van der Waals surface area contributed by atoms with Gasteiger partial charge in [-0.3, -0.25) is 9.69 Å². The lowest BCUT2D eigenvalue weighted by atomic mass is 9.45. The van der Waals surface area contributed by atoms with Gasteiger partial charge in [-0.2, -0.15) is 0 Å². The molecule has 0 radical (unpaired) electrons. The first kappa shape index (κ1) is 61.5. The Morgan fingerprint density at radius 1 is 0.907 bits per heavy atom. The van der Waals surface area contributed by atoms with Gasteiger partial charge >= 0.3 is 11.9 Å². The minimum absolute atomic E-state index is 0.0128. The molecule has 12 atom stereocenters. The van der Waals surface area contributed by atoms with Crippen LogP contribution in [0.4, 0.5) is 5.69 Å². The van der Waals surface area contributed by atoms with Crippen molar-refractivity contribution < 1.29 is 85.4 Å². The van der Waals surface area contributed by atoms with Crippen LogP contribution in [0.3, 0.4) is 0 Å². The third kappa shape index (κ3) is 11.2. The normalized spacial score (nSPS) is 28.1. The fourth-order valence-corrected chi connectivity index (χ4v) is 14.5. The SMILES string of the molecule is NC(=NCc1ccccc1)NCCC[C@H](O)CCC1=C[C@]2(C(=O)O)[C@@H](c3c(cc(O[C@]4(O)O[C@H](CO)[C@@H](O)[C@H](O)[C@H]4O)c(O)c3O)N2C(=O)/C=C/c2ccc(O)c(Cc3[nH]cnc3CCCO)c2)[C@@H]1[C@@]12c3c(O)cccc3CC[C@H]1CCC[C@@H]2CO. The fourth-order valence-electron chi connectivity index (χ4n) is 14.5. The maximum Gasteiger partial charge on any atom is 0.355 e. The number of aromatic amines is 1. The largest absolute Gasteiger partial charge is 0.508 e. The van der Waals surface area contributed by atoms with E-state index in [9.17, 15) is 66.4 Å². The number of phenolic OH excluding ortho intramolecular Hbond substituents is 4. The van der Waals surface area contributed by atoms with Crippen LogP contribution in [0.5, 0.6) is 28.7 Å². The predicted octanol–water partition coefficient (Wildman–Crippen LogP) is 3.09. The van der Waals surface area contributed by atoms with Crippen LogP contribution in [-0.4, -0.2) is 163 Å². The number of carbonyl (C=O) groups is 2. The Morgan fingerprint density at radius 3 is 2.44 bits per heavy atom. The lowest BCUT2D eigenvalue weighted by molar-refractivity contribution is -0.422. The molecule has 23 nitrogen and oxygen atoms in total. The van der Waals surface area contributed by atoms with E-state index in [4.69, 9.17) is 15.2 Å². The van der Waals surface area contributed by atoms with Crippen LogP contribution < -0.4 is 20.7 Å². The number of aryl methyl sites for hydroxylation is 2. The molecule has 0 bridgehead atoms. The van der Waals surface area contributed by atoms with Crippen molar-refractivity contribution >= 4 is 29.6 Å².